The van der Waals surface area contributed by atoms with E-state index in [-0.39, 0.29) is 0 Å². The number of rotatable bonds is 10. The van der Waals surface area contributed by atoms with Crippen molar-refractivity contribution in [2.24, 2.45) is 0 Å². The van der Waals surface area contributed by atoms with Crippen molar-refractivity contribution in [1.82, 2.24) is 0 Å². The molecule has 20 atom stereocenters. The summed E-state index contributed by atoms with van der Waals surface area (Å²) in [6, 6.07) is 0. The Labute approximate surface area is 254 Å². The van der Waals surface area contributed by atoms with Gasteiger partial charge in [0, 0.05) is 0 Å². The van der Waals surface area contributed by atoms with Crippen molar-refractivity contribution in [1.29, 1.82) is 0 Å². The second-order valence-corrected chi connectivity index (χ2v) is 11.2. The first-order valence-corrected chi connectivity index (χ1v) is 14.1. The Morgan fingerprint density at radius 2 is 0.711 bits per heavy atom. The summed E-state index contributed by atoms with van der Waals surface area (Å²) in [5, 5.41) is 142. The summed E-state index contributed by atoms with van der Waals surface area (Å²) in [5.41, 5.74) is 0. The Kier molecular flexibility index (Phi) is 12.8. The van der Waals surface area contributed by atoms with Crippen LogP contribution in [0.2, 0.25) is 0 Å². The Morgan fingerprint density at radius 3 is 1.20 bits per heavy atom. The fourth-order valence-electron chi connectivity index (χ4n) is 5.35. The molecule has 0 amide bonds. The SMILES string of the molecule is OC[C@H]1O[C@H](OC[C@H]2O[C@H](O[C@@H]3[C@@H](O)[C@@H](O[C@H]4O[C@H](CO)[C@@H](O)[C@H](O)[C@H]4O)O[C@H](CO)[C@H]3O)[C@H](O)[C@@H](O)[C@@H]2O)[C@H](O)[C@@H](O)[C@@H]1O. The van der Waals surface area contributed by atoms with Crippen LogP contribution in [0.25, 0.3) is 0 Å². The first-order valence-electron chi connectivity index (χ1n) is 14.1. The van der Waals surface area contributed by atoms with Crippen LogP contribution in [0.1, 0.15) is 0 Å². The summed E-state index contributed by atoms with van der Waals surface area (Å²) in [4.78, 5) is 0. The number of aliphatic hydroxyl groups excluding tert-OH is 14. The molecular formula is C24H42O21. The van der Waals surface area contributed by atoms with E-state index in [1.54, 1.807) is 0 Å². The fourth-order valence-corrected chi connectivity index (χ4v) is 5.35. The summed E-state index contributed by atoms with van der Waals surface area (Å²) >= 11 is 0. The lowest BCUT2D eigenvalue weighted by Crippen LogP contribution is -2.66. The molecule has 4 rings (SSSR count). The quantitative estimate of drug-likeness (QED) is 0.103. The molecule has 45 heavy (non-hydrogen) atoms. The van der Waals surface area contributed by atoms with Gasteiger partial charge in [-0.2, -0.15) is 0 Å². The highest BCUT2D eigenvalue weighted by molar-refractivity contribution is 4.96. The van der Waals surface area contributed by atoms with Gasteiger partial charge in [0.05, 0.1) is 26.4 Å². The molecule has 0 aliphatic carbocycles. The average Bonchev–Trinajstić information content (AvgIpc) is 3.03. The first kappa shape index (κ1) is 37.0. The van der Waals surface area contributed by atoms with Crippen molar-refractivity contribution in [2.45, 2.75) is 123 Å². The second kappa shape index (κ2) is 15.6. The topological polar surface area (TPSA) is 348 Å². The van der Waals surface area contributed by atoms with Gasteiger partial charge in [-0.25, -0.2) is 0 Å². The summed E-state index contributed by atoms with van der Waals surface area (Å²) < 4.78 is 37.6. The van der Waals surface area contributed by atoms with E-state index >= 15 is 0 Å². The molecule has 4 aliphatic rings. The molecule has 0 saturated carbocycles. The standard InChI is InChI=1S/C24H42O21/c25-1-5-9(28)13(32)16(35)21(40-5)39-4-8-11(30)15(34)17(36)22(43-8)44-20-12(31)7(3-27)42-24(19(20)38)45-23-18(37)14(33)10(29)6(2-26)41-23/h5-38H,1-4H2/t5-,6-,7-,8-,9-,10-,11-,12-,13+,14+,15+,16-,17-,18-,19-,20+,21+,22-,23-,24-/m1/s1. The van der Waals surface area contributed by atoms with E-state index in [9.17, 15) is 71.5 Å². The van der Waals surface area contributed by atoms with Crippen LogP contribution in [0.3, 0.4) is 0 Å². The van der Waals surface area contributed by atoms with Crippen LogP contribution in [0.5, 0.6) is 0 Å². The van der Waals surface area contributed by atoms with Gasteiger partial charge < -0.3 is 105 Å². The van der Waals surface area contributed by atoms with E-state index in [0.717, 1.165) is 0 Å². The lowest BCUT2D eigenvalue weighted by molar-refractivity contribution is -0.394. The van der Waals surface area contributed by atoms with Crippen LogP contribution in [-0.4, -0.2) is 221 Å². The normalized spacial score (nSPS) is 52.9. The van der Waals surface area contributed by atoms with E-state index in [4.69, 9.17) is 33.2 Å². The average molecular weight is 667 g/mol. The van der Waals surface area contributed by atoms with Gasteiger partial charge >= 0.3 is 0 Å². The molecule has 4 fully saturated rings. The molecule has 0 unspecified atom stereocenters. The summed E-state index contributed by atoms with van der Waals surface area (Å²) in [7, 11) is 0. The highest BCUT2D eigenvalue weighted by Crippen LogP contribution is 2.32. The zero-order valence-corrected chi connectivity index (χ0v) is 23.5. The van der Waals surface area contributed by atoms with Gasteiger partial charge in [-0.1, -0.05) is 0 Å². The Hall–Kier alpha value is -0.840. The van der Waals surface area contributed by atoms with Crippen molar-refractivity contribution in [3.05, 3.63) is 0 Å². The Balaban J connectivity index is 1.45. The van der Waals surface area contributed by atoms with Gasteiger partial charge in [-0.15, -0.1) is 0 Å². The molecule has 264 valence electrons. The molecule has 0 aromatic rings. The molecular weight excluding hydrogens is 624 g/mol. The van der Waals surface area contributed by atoms with E-state index < -0.39 is 149 Å². The zero-order chi connectivity index (χ0) is 33.3. The molecule has 21 nitrogen and oxygen atoms in total. The smallest absolute Gasteiger partial charge is 0.189 e. The summed E-state index contributed by atoms with van der Waals surface area (Å²) in [6.07, 6.45) is -35.3. The van der Waals surface area contributed by atoms with Crippen LogP contribution in [0.15, 0.2) is 0 Å². The van der Waals surface area contributed by atoms with Crippen LogP contribution in [-0.2, 0) is 33.2 Å². The van der Waals surface area contributed by atoms with Crippen molar-refractivity contribution >= 4 is 0 Å². The molecule has 21 heteroatoms. The molecule has 0 aromatic heterocycles. The third kappa shape index (κ3) is 7.59. The summed E-state index contributed by atoms with van der Waals surface area (Å²) in [5.74, 6) is 0. The van der Waals surface area contributed by atoms with Gasteiger partial charge in [-0.3, -0.25) is 0 Å². The van der Waals surface area contributed by atoms with Crippen molar-refractivity contribution < 1.29 is 105 Å². The number of hydrogen-bond acceptors (Lipinski definition) is 21. The third-order valence-corrected chi connectivity index (χ3v) is 8.17. The summed E-state index contributed by atoms with van der Waals surface area (Å²) in [6.45, 7) is -3.13. The zero-order valence-electron chi connectivity index (χ0n) is 23.5. The van der Waals surface area contributed by atoms with Crippen LogP contribution >= 0.6 is 0 Å². The van der Waals surface area contributed by atoms with E-state index in [2.05, 4.69) is 0 Å². The minimum Gasteiger partial charge on any atom is -0.394 e. The van der Waals surface area contributed by atoms with Crippen LogP contribution in [0, 0.1) is 0 Å². The molecule has 4 aliphatic heterocycles. The van der Waals surface area contributed by atoms with Crippen molar-refractivity contribution in [3.8, 4) is 0 Å². The van der Waals surface area contributed by atoms with Gasteiger partial charge in [0.2, 0.25) is 0 Å². The maximum Gasteiger partial charge on any atom is 0.189 e. The molecule has 4 heterocycles. The Bertz CT molecular complexity index is 914. The minimum absolute atomic E-state index is 0.700. The maximum absolute atomic E-state index is 11.0. The second-order valence-electron chi connectivity index (χ2n) is 11.2. The first-order chi connectivity index (χ1) is 21.2. The molecule has 0 aromatic carbocycles. The lowest BCUT2D eigenvalue weighted by Gasteiger charge is -2.47. The number of aliphatic hydroxyl groups is 14. The highest BCUT2D eigenvalue weighted by Gasteiger charge is 2.53. The fraction of sp³-hybridized carbons (Fsp3) is 1.00. The van der Waals surface area contributed by atoms with Crippen molar-refractivity contribution in [3.63, 3.8) is 0 Å². The van der Waals surface area contributed by atoms with Crippen LogP contribution < -0.4 is 0 Å². The number of hydrogen-bond donors (Lipinski definition) is 14. The lowest BCUT2D eigenvalue weighted by atomic mass is 9.96. The molecule has 0 spiro atoms. The molecule has 0 bridgehead atoms. The van der Waals surface area contributed by atoms with Gasteiger partial charge in [-0.05, 0) is 0 Å². The monoisotopic (exact) mass is 666 g/mol. The molecule has 4 saturated heterocycles. The van der Waals surface area contributed by atoms with Gasteiger partial charge in [0.15, 0.2) is 25.2 Å². The van der Waals surface area contributed by atoms with E-state index in [1.165, 1.54) is 0 Å². The third-order valence-electron chi connectivity index (χ3n) is 8.17. The minimum atomic E-state index is -2.02. The number of ether oxygens (including phenoxy) is 7. The van der Waals surface area contributed by atoms with Crippen molar-refractivity contribution in [2.75, 3.05) is 26.4 Å². The predicted molar refractivity (Wildman–Crippen MR) is 134 cm³/mol. The van der Waals surface area contributed by atoms with Gasteiger partial charge in [0.1, 0.15) is 97.7 Å². The predicted octanol–water partition coefficient (Wildman–Crippen LogP) is -9.75. The highest BCUT2D eigenvalue weighted by atomic mass is 16.8. The van der Waals surface area contributed by atoms with E-state index in [1.807, 2.05) is 0 Å². The van der Waals surface area contributed by atoms with E-state index in [0.29, 0.717) is 0 Å². The maximum atomic E-state index is 11.0. The molecule has 0 radical (unpaired) electrons. The van der Waals surface area contributed by atoms with Gasteiger partial charge in [0.25, 0.3) is 0 Å². The Morgan fingerprint density at radius 1 is 0.356 bits per heavy atom. The molecule has 14 N–H and O–H groups in total. The largest absolute Gasteiger partial charge is 0.394 e. The van der Waals surface area contributed by atoms with Crippen LogP contribution in [0.4, 0.5) is 0 Å².